The number of esters is 1. The molecule has 0 radical (unpaired) electrons. The lowest BCUT2D eigenvalue weighted by Gasteiger charge is -2.11. The fraction of sp³-hybridized carbons (Fsp3) is 0.294. The number of rotatable bonds is 8. The number of aryl methyl sites for hydroxylation is 1. The molecule has 0 spiro atoms. The van der Waals surface area contributed by atoms with Crippen molar-refractivity contribution in [3.05, 3.63) is 53.5 Å². The lowest BCUT2D eigenvalue weighted by atomic mass is 10.1. The summed E-state index contributed by atoms with van der Waals surface area (Å²) in [7, 11) is -3.99. The van der Waals surface area contributed by atoms with Gasteiger partial charge in [-0.1, -0.05) is 6.07 Å². The molecule has 0 atom stereocenters. The van der Waals surface area contributed by atoms with E-state index in [2.05, 4.69) is 9.46 Å². The van der Waals surface area contributed by atoms with E-state index in [1.165, 1.54) is 25.3 Å². The van der Waals surface area contributed by atoms with Crippen LogP contribution in [0.5, 0.6) is 0 Å². The number of hydrogen-bond donors (Lipinski definition) is 2. The molecule has 158 valence electrons. The molecule has 1 amide bonds. The molecule has 1 aromatic carbocycles. The normalized spacial score (nSPS) is 11.9. The maximum Gasteiger partial charge on any atom is 0.405 e. The van der Waals surface area contributed by atoms with Crippen LogP contribution in [0.1, 0.15) is 21.7 Å². The summed E-state index contributed by atoms with van der Waals surface area (Å²) in [5.74, 6) is -1.81. The van der Waals surface area contributed by atoms with Gasteiger partial charge in [0.25, 0.3) is 5.91 Å². The summed E-state index contributed by atoms with van der Waals surface area (Å²) in [6.07, 6.45) is -3.21. The van der Waals surface area contributed by atoms with E-state index in [9.17, 15) is 31.2 Å². The fourth-order valence-corrected chi connectivity index (χ4v) is 3.13. The number of benzene rings is 1. The number of halogens is 3. The Labute approximate surface area is 164 Å². The number of carbonyl (C=O) groups excluding carboxylic acids is 2. The van der Waals surface area contributed by atoms with E-state index in [0.29, 0.717) is 11.3 Å². The van der Waals surface area contributed by atoms with Crippen LogP contribution in [0.3, 0.4) is 0 Å². The van der Waals surface area contributed by atoms with Crippen molar-refractivity contribution in [1.82, 2.24) is 10.0 Å². The highest BCUT2D eigenvalue weighted by Crippen LogP contribution is 2.17. The standard InChI is InChI=1S/C17H17F3N2O6S/c1-11-4-5-13(29(25,26)22-8-12-3-2-6-27-12)7-14(11)16(24)28-9-15(23)21-10-17(18,19)20/h2-7,22H,8-10H2,1H3,(H,21,23). The molecule has 0 aliphatic heterocycles. The Kier molecular flexibility index (Phi) is 7.03. The van der Waals surface area contributed by atoms with Crippen molar-refractivity contribution in [2.24, 2.45) is 0 Å². The van der Waals surface area contributed by atoms with Gasteiger partial charge in [-0.3, -0.25) is 4.79 Å². The van der Waals surface area contributed by atoms with Gasteiger partial charge in [-0.15, -0.1) is 0 Å². The number of carbonyl (C=O) groups is 2. The number of amides is 1. The highest BCUT2D eigenvalue weighted by Gasteiger charge is 2.28. The predicted molar refractivity (Wildman–Crippen MR) is 93.3 cm³/mol. The smallest absolute Gasteiger partial charge is 0.405 e. The maximum absolute atomic E-state index is 12.4. The molecule has 0 saturated carbocycles. The first kappa shape index (κ1) is 22.4. The van der Waals surface area contributed by atoms with Gasteiger partial charge in [0.05, 0.1) is 23.3 Å². The molecular formula is C17H17F3N2O6S. The van der Waals surface area contributed by atoms with Crippen LogP contribution >= 0.6 is 0 Å². The Balaban J connectivity index is 2.03. The summed E-state index contributed by atoms with van der Waals surface area (Å²) in [5.41, 5.74) is 0.213. The average Bonchev–Trinajstić information content (AvgIpc) is 3.16. The molecule has 2 rings (SSSR count). The minimum Gasteiger partial charge on any atom is -0.468 e. The van der Waals surface area contributed by atoms with Crippen LogP contribution in [-0.2, 0) is 26.1 Å². The number of nitrogens with one attached hydrogen (secondary N) is 2. The van der Waals surface area contributed by atoms with E-state index in [1.54, 1.807) is 17.4 Å². The van der Waals surface area contributed by atoms with Crippen molar-refractivity contribution in [1.29, 1.82) is 0 Å². The largest absolute Gasteiger partial charge is 0.468 e. The van der Waals surface area contributed by atoms with Crippen LogP contribution in [0.4, 0.5) is 13.2 Å². The van der Waals surface area contributed by atoms with Crippen molar-refractivity contribution in [2.75, 3.05) is 13.2 Å². The lowest BCUT2D eigenvalue weighted by molar-refractivity contribution is -0.140. The molecule has 0 unspecified atom stereocenters. The molecule has 8 nitrogen and oxygen atoms in total. The van der Waals surface area contributed by atoms with E-state index in [-0.39, 0.29) is 17.0 Å². The highest BCUT2D eigenvalue weighted by molar-refractivity contribution is 7.89. The van der Waals surface area contributed by atoms with E-state index in [0.717, 1.165) is 6.07 Å². The average molecular weight is 434 g/mol. The first-order chi connectivity index (χ1) is 13.5. The van der Waals surface area contributed by atoms with Crippen LogP contribution in [0.25, 0.3) is 0 Å². The first-order valence-electron chi connectivity index (χ1n) is 8.11. The van der Waals surface area contributed by atoms with Gasteiger partial charge in [-0.05, 0) is 36.8 Å². The Morgan fingerprint density at radius 2 is 1.93 bits per heavy atom. The van der Waals surface area contributed by atoms with Gasteiger partial charge >= 0.3 is 12.1 Å². The third kappa shape index (κ3) is 6.91. The molecule has 0 aliphatic carbocycles. The molecule has 0 aliphatic rings. The summed E-state index contributed by atoms with van der Waals surface area (Å²) >= 11 is 0. The number of furan rings is 1. The van der Waals surface area contributed by atoms with Gasteiger partial charge in [-0.25, -0.2) is 17.9 Å². The van der Waals surface area contributed by atoms with Crippen LogP contribution in [-0.4, -0.2) is 39.6 Å². The quantitative estimate of drug-likeness (QED) is 0.614. The molecule has 2 aromatic rings. The summed E-state index contributed by atoms with van der Waals surface area (Å²) in [6, 6.07) is 6.85. The molecule has 0 saturated heterocycles. The Morgan fingerprint density at radius 3 is 2.55 bits per heavy atom. The summed E-state index contributed by atoms with van der Waals surface area (Å²) in [5, 5.41) is 1.55. The Bertz CT molecular complexity index is 972. The lowest BCUT2D eigenvalue weighted by Crippen LogP contribution is -2.36. The third-order valence-corrected chi connectivity index (χ3v) is 4.98. The van der Waals surface area contributed by atoms with Gasteiger partial charge in [0, 0.05) is 0 Å². The molecular weight excluding hydrogens is 417 g/mol. The zero-order valence-corrected chi connectivity index (χ0v) is 15.9. The number of alkyl halides is 3. The summed E-state index contributed by atoms with van der Waals surface area (Å²) < 4.78 is 72.9. The third-order valence-electron chi connectivity index (χ3n) is 3.58. The Hall–Kier alpha value is -2.86. The van der Waals surface area contributed by atoms with Gasteiger partial charge in [0.2, 0.25) is 10.0 Å². The van der Waals surface area contributed by atoms with Gasteiger partial charge < -0.3 is 14.5 Å². The molecule has 1 heterocycles. The van der Waals surface area contributed by atoms with Gasteiger partial charge in [-0.2, -0.15) is 13.2 Å². The van der Waals surface area contributed by atoms with E-state index >= 15 is 0 Å². The van der Waals surface area contributed by atoms with Crippen molar-refractivity contribution in [3.8, 4) is 0 Å². The molecule has 29 heavy (non-hydrogen) atoms. The predicted octanol–water partition coefficient (Wildman–Crippen LogP) is 1.90. The highest BCUT2D eigenvalue weighted by atomic mass is 32.2. The fourth-order valence-electron chi connectivity index (χ4n) is 2.11. The summed E-state index contributed by atoms with van der Waals surface area (Å²) in [6.45, 7) is -1.10. The molecule has 0 fully saturated rings. The molecule has 0 bridgehead atoms. The van der Waals surface area contributed by atoms with Crippen LogP contribution in [0.2, 0.25) is 0 Å². The van der Waals surface area contributed by atoms with Crippen molar-refractivity contribution >= 4 is 21.9 Å². The van der Waals surface area contributed by atoms with Crippen molar-refractivity contribution in [2.45, 2.75) is 24.5 Å². The summed E-state index contributed by atoms with van der Waals surface area (Å²) in [4.78, 5) is 23.2. The topological polar surface area (TPSA) is 115 Å². The Morgan fingerprint density at radius 1 is 1.21 bits per heavy atom. The number of hydrogen-bond acceptors (Lipinski definition) is 6. The van der Waals surface area contributed by atoms with E-state index < -0.39 is 41.2 Å². The monoisotopic (exact) mass is 434 g/mol. The number of ether oxygens (including phenoxy) is 1. The zero-order valence-electron chi connectivity index (χ0n) is 15.1. The minimum absolute atomic E-state index is 0.109. The molecule has 2 N–H and O–H groups in total. The van der Waals surface area contributed by atoms with Crippen LogP contribution < -0.4 is 10.0 Å². The van der Waals surface area contributed by atoms with Crippen LogP contribution in [0.15, 0.2) is 45.9 Å². The van der Waals surface area contributed by atoms with Gasteiger partial charge in [0.15, 0.2) is 6.61 Å². The second-order valence-electron chi connectivity index (χ2n) is 5.85. The SMILES string of the molecule is Cc1ccc(S(=O)(=O)NCc2ccco2)cc1C(=O)OCC(=O)NCC(F)(F)F. The molecule has 12 heteroatoms. The first-order valence-corrected chi connectivity index (χ1v) is 9.59. The second-order valence-corrected chi connectivity index (χ2v) is 7.62. The van der Waals surface area contributed by atoms with Crippen molar-refractivity contribution in [3.63, 3.8) is 0 Å². The van der Waals surface area contributed by atoms with Crippen LogP contribution in [0, 0.1) is 6.92 Å². The maximum atomic E-state index is 12.4. The minimum atomic E-state index is -4.60. The van der Waals surface area contributed by atoms with E-state index in [4.69, 9.17) is 4.42 Å². The van der Waals surface area contributed by atoms with E-state index in [1.807, 2.05) is 0 Å². The molecule has 1 aromatic heterocycles. The number of sulfonamides is 1. The second kappa shape index (κ2) is 9.09. The van der Waals surface area contributed by atoms with Gasteiger partial charge in [0.1, 0.15) is 12.3 Å². The van der Waals surface area contributed by atoms with Crippen molar-refractivity contribution < 1.29 is 40.3 Å². The zero-order chi connectivity index (χ0) is 21.7.